The Morgan fingerprint density at radius 1 is 1.50 bits per heavy atom. The largest absolute Gasteiger partial charge is 1.00 e. The molecule has 6 heteroatoms. The van der Waals surface area contributed by atoms with Crippen molar-refractivity contribution >= 4 is 40.1 Å². The van der Waals surface area contributed by atoms with E-state index in [4.69, 9.17) is 34.8 Å². The van der Waals surface area contributed by atoms with Gasteiger partial charge in [0.25, 0.3) is 0 Å². The minimum absolute atomic E-state index is 0. The minimum atomic E-state index is 0. The number of halogens is 4. The fraction of sp³-hybridized carbons (Fsp3) is 0.833. The van der Waals surface area contributed by atoms with E-state index in [0.717, 1.165) is 18.4 Å². The van der Waals surface area contributed by atoms with Crippen molar-refractivity contribution in [3.63, 3.8) is 0 Å². The maximum atomic E-state index is 5.78. The summed E-state index contributed by atoms with van der Waals surface area (Å²) in [6.07, 6.45) is 0. The molecule has 0 aromatic carbocycles. The predicted octanol–water partition coefficient (Wildman–Crippen LogP) is -1.41. The lowest BCUT2D eigenvalue weighted by atomic mass is 10.6. The Morgan fingerprint density at radius 3 is 2.00 bits per heavy atom. The van der Waals surface area contributed by atoms with E-state index in [-0.39, 0.29) is 17.7 Å². The smallest absolute Gasteiger partial charge is 0.344 e. The molecule has 0 aromatic rings. The van der Waals surface area contributed by atoms with Crippen LogP contribution in [0.3, 0.4) is 0 Å². The Bertz CT molecular complexity index is 148. The average molecular weight is 254 g/mol. The molecule has 12 heavy (non-hydrogen) atoms. The second-order valence-corrected chi connectivity index (χ2v) is 3.36. The summed E-state index contributed by atoms with van der Waals surface area (Å²) in [4.78, 5) is 2.03. The lowest BCUT2D eigenvalue weighted by Gasteiger charge is -1.95. The highest BCUT2D eigenvalue weighted by molar-refractivity contribution is 6.63. The first-order chi connectivity index (χ1) is 5.13. The number of nitrogens with zero attached hydrogens (tertiary/aromatic N) is 2. The zero-order valence-corrected chi connectivity index (χ0v) is 10.1. The van der Waals surface area contributed by atoms with E-state index in [1.807, 2.05) is 23.6 Å². The standard InChI is InChI=1S/C5H10ClN2.CH2Cl2.ClH/c1-7-3-4-8(2)5(7)6;2-1-3;/h3-4H2,1-2H3;1H2;1H/q+1;;/p-1. The van der Waals surface area contributed by atoms with Gasteiger partial charge in [-0.2, -0.15) is 0 Å². The molecule has 0 radical (unpaired) electrons. The topological polar surface area (TPSA) is 6.25 Å². The Balaban J connectivity index is 0. The lowest BCUT2D eigenvalue weighted by Crippen LogP contribution is -3.00. The van der Waals surface area contributed by atoms with Crippen LogP contribution in [0.2, 0.25) is 0 Å². The van der Waals surface area contributed by atoms with Crippen LogP contribution in [-0.2, 0) is 0 Å². The van der Waals surface area contributed by atoms with Gasteiger partial charge in [0, 0.05) is 11.6 Å². The van der Waals surface area contributed by atoms with Gasteiger partial charge in [-0.3, -0.25) is 9.48 Å². The van der Waals surface area contributed by atoms with E-state index in [1.54, 1.807) is 0 Å². The van der Waals surface area contributed by atoms with Crippen molar-refractivity contribution in [2.75, 3.05) is 32.5 Å². The number of amidine groups is 1. The van der Waals surface area contributed by atoms with Crippen LogP contribution < -0.4 is 12.4 Å². The summed E-state index contributed by atoms with van der Waals surface area (Å²) in [5.74, 6) is 0. The summed E-state index contributed by atoms with van der Waals surface area (Å²) in [7, 11) is 3.98. The molecule has 0 aromatic heterocycles. The van der Waals surface area contributed by atoms with E-state index >= 15 is 0 Å². The van der Waals surface area contributed by atoms with Gasteiger partial charge in [-0.15, -0.1) is 23.2 Å². The van der Waals surface area contributed by atoms with Crippen LogP contribution in [0.15, 0.2) is 0 Å². The maximum Gasteiger partial charge on any atom is 0.344 e. The molecule has 0 unspecified atom stereocenters. The summed E-state index contributed by atoms with van der Waals surface area (Å²) in [5, 5.41) is 1.05. The number of alkyl halides is 2. The first-order valence-corrected chi connectivity index (χ1v) is 4.64. The van der Waals surface area contributed by atoms with Crippen LogP contribution in [0.25, 0.3) is 0 Å². The van der Waals surface area contributed by atoms with Crippen LogP contribution >= 0.6 is 34.8 Å². The van der Waals surface area contributed by atoms with E-state index < -0.39 is 0 Å². The van der Waals surface area contributed by atoms with Gasteiger partial charge in [-0.25, -0.2) is 0 Å². The monoisotopic (exact) mass is 252 g/mol. The fourth-order valence-electron chi connectivity index (χ4n) is 0.776. The zero-order valence-electron chi connectivity index (χ0n) is 7.03. The van der Waals surface area contributed by atoms with Gasteiger partial charge in [-0.1, -0.05) is 0 Å². The van der Waals surface area contributed by atoms with Crippen molar-refractivity contribution < 1.29 is 17.0 Å². The highest BCUT2D eigenvalue weighted by Crippen LogP contribution is 1.98. The molecule has 1 aliphatic heterocycles. The van der Waals surface area contributed by atoms with Gasteiger partial charge >= 0.3 is 5.29 Å². The van der Waals surface area contributed by atoms with E-state index in [2.05, 4.69) is 0 Å². The Hall–Kier alpha value is 0.630. The highest BCUT2D eigenvalue weighted by atomic mass is 35.5. The number of hydrogen-bond acceptors (Lipinski definition) is 1. The SMILES string of the molecule is CN1CC[N+](C)=C1Cl.ClCCl.[Cl-]. The Kier molecular flexibility index (Phi) is 10.4. The molecule has 0 amide bonds. The molecular formula is C6H12Cl4N2. The average Bonchev–Trinajstić information content (AvgIpc) is 2.22. The van der Waals surface area contributed by atoms with Gasteiger partial charge in [0.1, 0.15) is 13.1 Å². The van der Waals surface area contributed by atoms with E-state index in [1.165, 1.54) is 0 Å². The Labute approximate surface area is 94.5 Å². The quantitative estimate of drug-likeness (QED) is 0.292. The van der Waals surface area contributed by atoms with Gasteiger partial charge in [0.2, 0.25) is 0 Å². The summed E-state index contributed by atoms with van der Waals surface area (Å²) in [6.45, 7) is 2.10. The third-order valence-electron chi connectivity index (χ3n) is 1.40. The molecule has 0 saturated carbocycles. The normalized spacial score (nSPS) is 15.2. The Morgan fingerprint density at radius 2 is 1.92 bits per heavy atom. The number of rotatable bonds is 0. The van der Waals surface area contributed by atoms with Crippen molar-refractivity contribution in [2.24, 2.45) is 0 Å². The van der Waals surface area contributed by atoms with Crippen LogP contribution in [0.1, 0.15) is 0 Å². The van der Waals surface area contributed by atoms with Crippen LogP contribution in [0.5, 0.6) is 0 Å². The third kappa shape index (κ3) is 5.31. The molecule has 0 atom stereocenters. The second kappa shape index (κ2) is 8.24. The molecule has 0 N–H and O–H groups in total. The molecule has 0 saturated heterocycles. The van der Waals surface area contributed by atoms with Gasteiger partial charge in [0.15, 0.2) is 0 Å². The van der Waals surface area contributed by atoms with Gasteiger partial charge in [0.05, 0.1) is 19.4 Å². The molecule has 0 fully saturated rings. The lowest BCUT2D eigenvalue weighted by molar-refractivity contribution is -0.484. The van der Waals surface area contributed by atoms with Crippen molar-refractivity contribution in [2.45, 2.75) is 0 Å². The van der Waals surface area contributed by atoms with E-state index in [0.29, 0.717) is 0 Å². The van der Waals surface area contributed by atoms with Crippen LogP contribution in [0.4, 0.5) is 0 Å². The molecule has 74 valence electrons. The molecule has 0 aliphatic carbocycles. The maximum absolute atomic E-state index is 5.78. The highest BCUT2D eigenvalue weighted by Gasteiger charge is 2.21. The minimum Gasteiger partial charge on any atom is -1.00 e. The van der Waals surface area contributed by atoms with Crippen molar-refractivity contribution in [3.05, 3.63) is 0 Å². The predicted molar refractivity (Wildman–Crippen MR) is 51.1 cm³/mol. The van der Waals surface area contributed by atoms with Crippen LogP contribution in [0, 0.1) is 0 Å². The number of likely N-dealkylation sites (N-methyl/N-ethyl adjacent to an activating group) is 2. The first-order valence-electron chi connectivity index (χ1n) is 3.20. The van der Waals surface area contributed by atoms with E-state index in [9.17, 15) is 0 Å². The molecule has 1 rings (SSSR count). The van der Waals surface area contributed by atoms with Crippen molar-refractivity contribution in [1.29, 1.82) is 0 Å². The fourth-order valence-corrected chi connectivity index (χ4v) is 0.945. The summed E-state index contributed by atoms with van der Waals surface area (Å²) in [5.41, 5.74) is 0. The molecular weight excluding hydrogens is 242 g/mol. The number of hydrogen-bond donors (Lipinski definition) is 0. The summed E-state index contributed by atoms with van der Waals surface area (Å²) >= 11 is 15.3. The van der Waals surface area contributed by atoms with Crippen molar-refractivity contribution in [3.8, 4) is 0 Å². The summed E-state index contributed by atoms with van der Waals surface area (Å²) in [6, 6.07) is 0. The van der Waals surface area contributed by atoms with Gasteiger partial charge < -0.3 is 12.4 Å². The second-order valence-electron chi connectivity index (χ2n) is 2.21. The third-order valence-corrected chi connectivity index (χ3v) is 1.98. The molecule has 2 nitrogen and oxygen atoms in total. The van der Waals surface area contributed by atoms with Gasteiger partial charge in [-0.05, 0) is 0 Å². The molecule has 0 spiro atoms. The molecule has 1 aliphatic rings. The molecule has 0 bridgehead atoms. The first kappa shape index (κ1) is 15.1. The summed E-state index contributed by atoms with van der Waals surface area (Å²) < 4.78 is 2.03. The van der Waals surface area contributed by atoms with Crippen LogP contribution in [-0.4, -0.2) is 47.3 Å². The molecule has 1 heterocycles. The zero-order chi connectivity index (χ0) is 8.85. The van der Waals surface area contributed by atoms with Crippen molar-refractivity contribution in [1.82, 2.24) is 4.90 Å².